The minimum absolute atomic E-state index is 0.0788. The zero-order chi connectivity index (χ0) is 19.2. The highest BCUT2D eigenvalue weighted by Crippen LogP contribution is 2.28. The monoisotopic (exact) mass is 407 g/mol. The van der Waals surface area contributed by atoms with Crippen molar-refractivity contribution in [1.29, 1.82) is 0 Å². The second kappa shape index (κ2) is 6.46. The third-order valence-corrected chi connectivity index (χ3v) is 5.66. The van der Waals surface area contributed by atoms with E-state index in [9.17, 15) is 13.2 Å². The molecule has 1 atom stereocenters. The van der Waals surface area contributed by atoms with E-state index >= 15 is 0 Å². The van der Waals surface area contributed by atoms with Crippen LogP contribution < -0.4 is 4.74 Å². The molecule has 2 aromatic heterocycles. The molecule has 0 radical (unpaired) electrons. The Morgan fingerprint density at radius 2 is 2.04 bits per heavy atom. The van der Waals surface area contributed by atoms with Gasteiger partial charge in [-0.25, -0.2) is 27.4 Å². The standard InChI is InChI=1S/C16H14ClN5O4S/c1-27(24,25)21-7-6-13(16(21)23)26-15-10-8-20-22(14(10)18-9-19-15)12-5-3-2-4-11(12)17/h2-5,8-9,13H,6-7H2,1H3. The van der Waals surface area contributed by atoms with Gasteiger partial charge >= 0.3 is 0 Å². The molecule has 27 heavy (non-hydrogen) atoms. The Morgan fingerprint density at radius 1 is 1.26 bits per heavy atom. The maximum absolute atomic E-state index is 12.3. The molecule has 3 heterocycles. The molecule has 1 saturated heterocycles. The van der Waals surface area contributed by atoms with Gasteiger partial charge in [0, 0.05) is 13.0 Å². The Balaban J connectivity index is 1.69. The number of fused-ring (bicyclic) bond motifs is 1. The number of nitrogens with zero attached hydrogens (tertiary/aromatic N) is 5. The first-order valence-corrected chi connectivity index (χ1v) is 10.2. The molecule has 0 saturated carbocycles. The SMILES string of the molecule is CS(=O)(=O)N1CCC(Oc2ncnc3c2cnn3-c2ccccc2Cl)C1=O. The average Bonchev–Trinajstić information content (AvgIpc) is 3.20. The van der Waals surface area contributed by atoms with Crippen molar-refractivity contribution in [2.75, 3.05) is 12.8 Å². The fourth-order valence-electron chi connectivity index (χ4n) is 2.92. The van der Waals surface area contributed by atoms with Gasteiger partial charge in [-0.2, -0.15) is 5.10 Å². The lowest BCUT2D eigenvalue weighted by atomic mass is 10.3. The van der Waals surface area contributed by atoms with Gasteiger partial charge in [-0.15, -0.1) is 0 Å². The minimum atomic E-state index is -3.62. The van der Waals surface area contributed by atoms with Crippen LogP contribution in [0.3, 0.4) is 0 Å². The number of hydrogen-bond acceptors (Lipinski definition) is 7. The Bertz CT molecular complexity index is 1150. The molecule has 4 rings (SSSR count). The number of halogens is 1. The van der Waals surface area contributed by atoms with Crippen molar-refractivity contribution in [3.05, 3.63) is 41.8 Å². The molecule has 0 aliphatic carbocycles. The van der Waals surface area contributed by atoms with Gasteiger partial charge in [0.05, 0.1) is 23.2 Å². The van der Waals surface area contributed by atoms with Crippen molar-refractivity contribution in [2.24, 2.45) is 0 Å². The van der Waals surface area contributed by atoms with Crippen molar-refractivity contribution in [3.63, 3.8) is 0 Å². The largest absolute Gasteiger partial charge is 0.464 e. The molecule has 140 valence electrons. The van der Waals surface area contributed by atoms with E-state index in [1.54, 1.807) is 22.9 Å². The molecule has 0 N–H and O–H groups in total. The normalized spacial score (nSPS) is 17.6. The first kappa shape index (κ1) is 17.7. The smallest absolute Gasteiger partial charge is 0.277 e. The zero-order valence-electron chi connectivity index (χ0n) is 14.1. The molecule has 1 aliphatic rings. The molecule has 1 amide bonds. The number of rotatable bonds is 4. The van der Waals surface area contributed by atoms with Crippen LogP contribution in [0.2, 0.25) is 5.02 Å². The number of carbonyl (C=O) groups excluding carboxylic acids is 1. The lowest BCUT2D eigenvalue weighted by Gasteiger charge is -2.14. The van der Waals surface area contributed by atoms with Crippen LogP contribution in [0.1, 0.15) is 6.42 Å². The van der Waals surface area contributed by atoms with Gasteiger partial charge in [0.15, 0.2) is 11.8 Å². The Morgan fingerprint density at radius 3 is 2.74 bits per heavy atom. The third-order valence-electron chi connectivity index (χ3n) is 4.18. The first-order chi connectivity index (χ1) is 12.9. The van der Waals surface area contributed by atoms with Crippen LogP contribution in [0.5, 0.6) is 5.88 Å². The summed E-state index contributed by atoms with van der Waals surface area (Å²) in [6, 6.07) is 7.16. The van der Waals surface area contributed by atoms with Crippen molar-refractivity contribution in [3.8, 4) is 11.6 Å². The molecule has 11 heteroatoms. The number of sulfonamides is 1. The number of aromatic nitrogens is 4. The number of para-hydroxylation sites is 1. The lowest BCUT2D eigenvalue weighted by molar-refractivity contribution is -0.129. The Hall–Kier alpha value is -2.72. The summed E-state index contributed by atoms with van der Waals surface area (Å²) < 4.78 is 31.4. The average molecular weight is 408 g/mol. The van der Waals surface area contributed by atoms with E-state index < -0.39 is 22.0 Å². The van der Waals surface area contributed by atoms with Gasteiger partial charge in [0.1, 0.15) is 11.7 Å². The summed E-state index contributed by atoms with van der Waals surface area (Å²) in [4.78, 5) is 20.6. The summed E-state index contributed by atoms with van der Waals surface area (Å²) in [7, 11) is -3.62. The maximum Gasteiger partial charge on any atom is 0.277 e. The van der Waals surface area contributed by atoms with Crippen LogP contribution in [0.15, 0.2) is 36.8 Å². The molecular weight excluding hydrogens is 394 g/mol. The van der Waals surface area contributed by atoms with E-state index in [0.717, 1.165) is 10.6 Å². The highest BCUT2D eigenvalue weighted by molar-refractivity contribution is 7.88. The van der Waals surface area contributed by atoms with E-state index in [1.165, 1.54) is 12.5 Å². The van der Waals surface area contributed by atoms with Gasteiger partial charge in [0.2, 0.25) is 15.9 Å². The molecular formula is C16H14ClN5O4S. The summed E-state index contributed by atoms with van der Waals surface area (Å²) >= 11 is 6.23. The fraction of sp³-hybridized carbons (Fsp3) is 0.250. The summed E-state index contributed by atoms with van der Waals surface area (Å²) in [5, 5.41) is 5.28. The topological polar surface area (TPSA) is 107 Å². The van der Waals surface area contributed by atoms with Gasteiger partial charge in [-0.3, -0.25) is 4.79 Å². The molecule has 1 aromatic carbocycles. The Labute approximate surface area is 159 Å². The summed E-state index contributed by atoms with van der Waals surface area (Å²) in [6.45, 7) is 0.0788. The van der Waals surface area contributed by atoms with E-state index in [-0.39, 0.29) is 18.8 Å². The van der Waals surface area contributed by atoms with Crippen LogP contribution in [-0.2, 0) is 14.8 Å². The highest BCUT2D eigenvalue weighted by atomic mass is 35.5. The van der Waals surface area contributed by atoms with E-state index in [0.29, 0.717) is 21.7 Å². The van der Waals surface area contributed by atoms with E-state index in [4.69, 9.17) is 16.3 Å². The van der Waals surface area contributed by atoms with Crippen LogP contribution >= 0.6 is 11.6 Å². The van der Waals surface area contributed by atoms with Crippen molar-refractivity contribution in [2.45, 2.75) is 12.5 Å². The molecule has 0 bridgehead atoms. The third kappa shape index (κ3) is 3.10. The van der Waals surface area contributed by atoms with E-state index in [1.807, 2.05) is 6.07 Å². The van der Waals surface area contributed by atoms with Crippen LogP contribution in [0, 0.1) is 0 Å². The quantitative estimate of drug-likeness (QED) is 0.643. The van der Waals surface area contributed by atoms with E-state index in [2.05, 4.69) is 15.1 Å². The number of carbonyl (C=O) groups is 1. The van der Waals surface area contributed by atoms with Crippen LogP contribution in [0.25, 0.3) is 16.7 Å². The summed E-state index contributed by atoms with van der Waals surface area (Å²) in [6.07, 6.45) is 3.11. The van der Waals surface area contributed by atoms with Crippen molar-refractivity contribution >= 4 is 38.6 Å². The van der Waals surface area contributed by atoms with Gasteiger partial charge in [0.25, 0.3) is 5.91 Å². The Kier molecular flexibility index (Phi) is 4.23. The zero-order valence-corrected chi connectivity index (χ0v) is 15.7. The van der Waals surface area contributed by atoms with Gasteiger partial charge in [-0.05, 0) is 12.1 Å². The van der Waals surface area contributed by atoms with Crippen LogP contribution in [-0.4, -0.2) is 57.3 Å². The number of amides is 1. The molecule has 1 unspecified atom stereocenters. The molecule has 1 fully saturated rings. The predicted octanol–water partition coefficient (Wildman–Crippen LogP) is 1.41. The number of benzene rings is 1. The predicted molar refractivity (Wildman–Crippen MR) is 97.3 cm³/mol. The van der Waals surface area contributed by atoms with Gasteiger partial charge in [-0.1, -0.05) is 23.7 Å². The summed E-state index contributed by atoms with van der Waals surface area (Å²) in [5.41, 5.74) is 1.09. The highest BCUT2D eigenvalue weighted by Gasteiger charge is 2.39. The second-order valence-electron chi connectivity index (χ2n) is 5.99. The van der Waals surface area contributed by atoms with Gasteiger partial charge < -0.3 is 4.74 Å². The molecule has 0 spiro atoms. The second-order valence-corrected chi connectivity index (χ2v) is 8.31. The number of ether oxygens (including phenoxy) is 1. The lowest BCUT2D eigenvalue weighted by Crippen LogP contribution is -2.36. The minimum Gasteiger partial charge on any atom is -0.464 e. The first-order valence-electron chi connectivity index (χ1n) is 7.98. The molecule has 1 aliphatic heterocycles. The van der Waals surface area contributed by atoms with Crippen molar-refractivity contribution in [1.82, 2.24) is 24.1 Å². The molecule has 3 aromatic rings. The summed E-state index contributed by atoms with van der Waals surface area (Å²) in [5.74, 6) is -0.449. The van der Waals surface area contributed by atoms with Crippen LogP contribution in [0.4, 0.5) is 0 Å². The fourth-order valence-corrected chi connectivity index (χ4v) is 4.02. The number of hydrogen-bond donors (Lipinski definition) is 0. The molecule has 9 nitrogen and oxygen atoms in total. The maximum atomic E-state index is 12.3. The van der Waals surface area contributed by atoms with Crippen molar-refractivity contribution < 1.29 is 17.9 Å².